The lowest BCUT2D eigenvalue weighted by Gasteiger charge is -2.15. The van der Waals surface area contributed by atoms with Crippen molar-refractivity contribution in [1.82, 2.24) is 5.32 Å². The number of nitrogens with zero attached hydrogens (tertiary/aromatic N) is 1. The Balaban J connectivity index is 1.80. The summed E-state index contributed by atoms with van der Waals surface area (Å²) in [5.41, 5.74) is 2.16. The van der Waals surface area contributed by atoms with Gasteiger partial charge in [0.1, 0.15) is 0 Å². The highest BCUT2D eigenvalue weighted by Crippen LogP contribution is 2.27. The van der Waals surface area contributed by atoms with Crippen molar-refractivity contribution in [3.05, 3.63) is 52.5 Å². The Morgan fingerprint density at radius 2 is 2.00 bits per heavy atom. The van der Waals surface area contributed by atoms with E-state index in [2.05, 4.69) is 15.6 Å². The molecule has 0 aromatic heterocycles. The number of carbonyl (C=O) groups excluding carboxylic acids is 1. The largest absolute Gasteiger partial charge is 0.493 e. The molecule has 1 aliphatic rings. The highest BCUT2D eigenvalue weighted by molar-refractivity contribution is 6.30. The molecule has 0 saturated carbocycles. The fourth-order valence-electron chi connectivity index (χ4n) is 3.14. The number of hydrogen-bond donors (Lipinski definition) is 2. The molecule has 0 unspecified atom stereocenters. The van der Waals surface area contributed by atoms with Gasteiger partial charge in [0.25, 0.3) is 5.91 Å². The highest BCUT2D eigenvalue weighted by atomic mass is 35.5. The molecule has 160 valence electrons. The third-order valence-corrected chi connectivity index (χ3v) is 5.03. The van der Waals surface area contributed by atoms with E-state index < -0.39 is 0 Å². The van der Waals surface area contributed by atoms with Crippen LogP contribution in [0.3, 0.4) is 0 Å². The average Bonchev–Trinajstić information content (AvgIpc) is 3.27. The molecule has 1 heterocycles. The lowest BCUT2D eigenvalue weighted by molar-refractivity contribution is 0.0975. The van der Waals surface area contributed by atoms with Crippen LogP contribution in [0.2, 0.25) is 5.02 Å². The van der Waals surface area contributed by atoms with E-state index in [0.717, 1.165) is 30.7 Å². The van der Waals surface area contributed by atoms with E-state index >= 15 is 0 Å². The summed E-state index contributed by atoms with van der Waals surface area (Å²) in [4.78, 5) is 17.4. The second-order valence-electron chi connectivity index (χ2n) is 6.93. The predicted octanol–water partition coefficient (Wildman–Crippen LogP) is 4.04. The zero-order valence-electron chi connectivity index (χ0n) is 17.3. The standard InChI is InChI=1S/C22H26ClN3O4/c1-14-11-16(23)7-8-18(14)25-22(24-13-17-5-4-10-30-17)26-21(27)15-6-9-19(28-2)20(12-15)29-3/h6-9,11-12,17H,4-5,10,13H2,1-3H3,(H2,24,25,26,27)/t17-/m0/s1. The van der Waals surface area contributed by atoms with Crippen LogP contribution in [0, 0.1) is 6.92 Å². The van der Waals surface area contributed by atoms with Crippen molar-refractivity contribution in [2.24, 2.45) is 4.99 Å². The fraction of sp³-hybridized carbons (Fsp3) is 0.364. The van der Waals surface area contributed by atoms with E-state index in [1.54, 1.807) is 31.4 Å². The first-order chi connectivity index (χ1) is 14.5. The quantitative estimate of drug-likeness (QED) is 0.533. The van der Waals surface area contributed by atoms with Gasteiger partial charge in [-0.3, -0.25) is 10.1 Å². The van der Waals surface area contributed by atoms with Crippen LogP contribution in [-0.2, 0) is 4.74 Å². The Labute approximate surface area is 181 Å². The Morgan fingerprint density at radius 1 is 1.20 bits per heavy atom. The second-order valence-corrected chi connectivity index (χ2v) is 7.37. The third kappa shape index (κ3) is 5.64. The predicted molar refractivity (Wildman–Crippen MR) is 118 cm³/mol. The van der Waals surface area contributed by atoms with Crippen LogP contribution >= 0.6 is 11.6 Å². The van der Waals surface area contributed by atoms with Gasteiger partial charge in [0.2, 0.25) is 5.96 Å². The number of rotatable bonds is 6. The molecule has 30 heavy (non-hydrogen) atoms. The molecular weight excluding hydrogens is 406 g/mol. The normalized spacial score (nSPS) is 16.3. The van der Waals surface area contributed by atoms with E-state index in [-0.39, 0.29) is 12.0 Å². The van der Waals surface area contributed by atoms with Gasteiger partial charge in [-0.25, -0.2) is 4.99 Å². The summed E-state index contributed by atoms with van der Waals surface area (Å²) in [5, 5.41) is 6.69. The van der Waals surface area contributed by atoms with Crippen LogP contribution < -0.4 is 20.1 Å². The summed E-state index contributed by atoms with van der Waals surface area (Å²) in [5.74, 6) is 1.05. The van der Waals surface area contributed by atoms with Gasteiger partial charge >= 0.3 is 0 Å². The number of aryl methyl sites for hydroxylation is 1. The molecular formula is C22H26ClN3O4. The minimum Gasteiger partial charge on any atom is -0.493 e. The first-order valence-corrected chi connectivity index (χ1v) is 10.1. The van der Waals surface area contributed by atoms with Crippen LogP contribution in [0.15, 0.2) is 41.4 Å². The number of ether oxygens (including phenoxy) is 3. The van der Waals surface area contributed by atoms with E-state index in [1.807, 2.05) is 19.1 Å². The minimum absolute atomic E-state index is 0.0612. The number of hydrogen-bond acceptors (Lipinski definition) is 5. The number of nitrogens with one attached hydrogen (secondary N) is 2. The van der Waals surface area contributed by atoms with Crippen LogP contribution in [0.25, 0.3) is 0 Å². The van der Waals surface area contributed by atoms with Gasteiger partial charge in [-0.05, 0) is 61.7 Å². The van der Waals surface area contributed by atoms with Crippen molar-refractivity contribution in [2.75, 3.05) is 32.7 Å². The molecule has 3 rings (SSSR count). The lowest BCUT2D eigenvalue weighted by atomic mass is 10.2. The number of guanidine groups is 1. The van der Waals surface area contributed by atoms with Crippen molar-refractivity contribution in [3.63, 3.8) is 0 Å². The molecule has 2 N–H and O–H groups in total. The van der Waals surface area contributed by atoms with E-state index in [4.69, 9.17) is 25.8 Å². The Bertz CT molecular complexity index is 927. The number of benzene rings is 2. The average molecular weight is 432 g/mol. The Morgan fingerprint density at radius 3 is 2.67 bits per heavy atom. The highest BCUT2D eigenvalue weighted by Gasteiger charge is 2.17. The van der Waals surface area contributed by atoms with Gasteiger partial charge in [-0.1, -0.05) is 11.6 Å². The molecule has 0 spiro atoms. The van der Waals surface area contributed by atoms with Crippen molar-refractivity contribution >= 4 is 29.2 Å². The first kappa shape index (κ1) is 21.9. The van der Waals surface area contributed by atoms with Crippen molar-refractivity contribution in [2.45, 2.75) is 25.9 Å². The maximum Gasteiger partial charge on any atom is 0.258 e. The fourth-order valence-corrected chi connectivity index (χ4v) is 3.37. The van der Waals surface area contributed by atoms with Crippen LogP contribution in [0.5, 0.6) is 11.5 Å². The van der Waals surface area contributed by atoms with E-state index in [0.29, 0.717) is 34.6 Å². The molecule has 2 aromatic carbocycles. The van der Waals surface area contributed by atoms with Crippen LogP contribution in [0.4, 0.5) is 5.69 Å². The lowest BCUT2D eigenvalue weighted by Crippen LogP contribution is -2.37. The summed E-state index contributed by atoms with van der Waals surface area (Å²) < 4.78 is 16.2. The summed E-state index contributed by atoms with van der Waals surface area (Å²) in [6.07, 6.45) is 2.04. The number of methoxy groups -OCH3 is 2. The maximum absolute atomic E-state index is 12.9. The van der Waals surface area contributed by atoms with Crippen molar-refractivity contribution < 1.29 is 19.0 Å². The minimum atomic E-state index is -0.318. The van der Waals surface area contributed by atoms with Gasteiger partial charge in [0, 0.05) is 22.9 Å². The zero-order valence-corrected chi connectivity index (χ0v) is 18.1. The Hall–Kier alpha value is -2.77. The first-order valence-electron chi connectivity index (χ1n) is 9.72. The smallest absolute Gasteiger partial charge is 0.258 e. The van der Waals surface area contributed by atoms with Crippen LogP contribution in [0.1, 0.15) is 28.8 Å². The number of aliphatic imine (C=N–C) groups is 1. The maximum atomic E-state index is 12.9. The monoisotopic (exact) mass is 431 g/mol. The Kier molecular flexibility index (Phi) is 7.54. The molecule has 7 nitrogen and oxygen atoms in total. The number of halogens is 1. The molecule has 0 aliphatic carbocycles. The molecule has 0 radical (unpaired) electrons. The molecule has 0 bridgehead atoms. The van der Waals surface area contributed by atoms with Gasteiger partial charge < -0.3 is 19.5 Å². The second kappa shape index (κ2) is 10.3. The third-order valence-electron chi connectivity index (χ3n) is 4.80. The summed E-state index contributed by atoms with van der Waals surface area (Å²) in [6, 6.07) is 10.5. The van der Waals surface area contributed by atoms with Crippen molar-refractivity contribution in [3.8, 4) is 11.5 Å². The summed E-state index contributed by atoms with van der Waals surface area (Å²) in [7, 11) is 3.07. The van der Waals surface area contributed by atoms with Crippen LogP contribution in [-0.4, -0.2) is 45.3 Å². The molecule has 2 aromatic rings. The molecule has 1 fully saturated rings. The number of carbonyl (C=O) groups is 1. The zero-order chi connectivity index (χ0) is 21.5. The van der Waals surface area contributed by atoms with Gasteiger partial charge in [0.05, 0.1) is 26.9 Å². The number of amides is 1. The number of anilines is 1. The van der Waals surface area contributed by atoms with Gasteiger partial charge in [-0.2, -0.15) is 0 Å². The molecule has 1 atom stereocenters. The molecule has 1 amide bonds. The molecule has 8 heteroatoms. The topological polar surface area (TPSA) is 81.2 Å². The van der Waals surface area contributed by atoms with Gasteiger partial charge in [-0.15, -0.1) is 0 Å². The van der Waals surface area contributed by atoms with Crippen molar-refractivity contribution in [1.29, 1.82) is 0 Å². The molecule has 1 saturated heterocycles. The SMILES string of the molecule is COc1ccc(C(=O)NC(=NC[C@@H]2CCCO2)Nc2ccc(Cl)cc2C)cc1OC. The van der Waals surface area contributed by atoms with Gasteiger partial charge in [0.15, 0.2) is 11.5 Å². The molecule has 1 aliphatic heterocycles. The summed E-state index contributed by atoms with van der Waals surface area (Å²) >= 11 is 6.05. The van der Waals surface area contributed by atoms with E-state index in [9.17, 15) is 4.79 Å². The summed E-state index contributed by atoms with van der Waals surface area (Å²) in [6.45, 7) is 3.14. The van der Waals surface area contributed by atoms with E-state index in [1.165, 1.54) is 7.11 Å².